The predicted octanol–water partition coefficient (Wildman–Crippen LogP) is 3.40. The molecule has 88 valence electrons. The number of nitrogens with one attached hydrogen (secondary N) is 1. The summed E-state index contributed by atoms with van der Waals surface area (Å²) in [6.07, 6.45) is 4.53. The van der Waals surface area contributed by atoms with E-state index in [2.05, 4.69) is 50.4 Å². The van der Waals surface area contributed by atoms with Crippen molar-refractivity contribution in [1.29, 1.82) is 0 Å². The summed E-state index contributed by atoms with van der Waals surface area (Å²) in [5.74, 6) is 0. The first kappa shape index (κ1) is 13.0. The van der Waals surface area contributed by atoms with Gasteiger partial charge in [0.1, 0.15) is 0 Å². The smallest absolute Gasteiger partial charge is 0.00172 e. The molecule has 0 aromatic heterocycles. The lowest BCUT2D eigenvalue weighted by Gasteiger charge is -2.07. The minimum atomic E-state index is 1.06. The first-order valence-corrected chi connectivity index (χ1v) is 6.00. The summed E-state index contributed by atoms with van der Waals surface area (Å²) in [7, 11) is 1.99. The summed E-state index contributed by atoms with van der Waals surface area (Å²) in [6, 6.07) is 6.69. The SMILES string of the molecule is CNCCC=C(C)Cc1cc(C)ccc1C. The molecule has 0 bridgehead atoms. The zero-order valence-electron chi connectivity index (χ0n) is 10.9. The second-order valence-electron chi connectivity index (χ2n) is 4.55. The normalized spacial score (nSPS) is 11.9. The van der Waals surface area contributed by atoms with Crippen LogP contribution in [-0.4, -0.2) is 13.6 Å². The summed E-state index contributed by atoms with van der Waals surface area (Å²) in [4.78, 5) is 0. The molecule has 0 aliphatic carbocycles. The highest BCUT2D eigenvalue weighted by Crippen LogP contribution is 2.15. The van der Waals surface area contributed by atoms with E-state index < -0.39 is 0 Å². The second kappa shape index (κ2) is 6.49. The Hall–Kier alpha value is -1.08. The molecule has 16 heavy (non-hydrogen) atoms. The highest BCUT2D eigenvalue weighted by Gasteiger charge is 1.99. The van der Waals surface area contributed by atoms with Crippen LogP contribution in [0.2, 0.25) is 0 Å². The molecule has 0 spiro atoms. The van der Waals surface area contributed by atoms with Crippen molar-refractivity contribution in [2.24, 2.45) is 0 Å². The standard InChI is InChI=1S/C15H23N/c1-12(6-5-9-16-4)10-15-11-13(2)7-8-14(15)3/h6-8,11,16H,5,9-10H2,1-4H3. The fourth-order valence-corrected chi connectivity index (χ4v) is 1.83. The monoisotopic (exact) mass is 217 g/mol. The second-order valence-corrected chi connectivity index (χ2v) is 4.55. The van der Waals surface area contributed by atoms with Gasteiger partial charge >= 0.3 is 0 Å². The molecule has 0 fully saturated rings. The molecular weight excluding hydrogens is 194 g/mol. The molecule has 0 aliphatic rings. The van der Waals surface area contributed by atoms with E-state index in [1.807, 2.05) is 7.05 Å². The van der Waals surface area contributed by atoms with Crippen LogP contribution in [-0.2, 0) is 6.42 Å². The molecule has 0 saturated heterocycles. The average molecular weight is 217 g/mol. The van der Waals surface area contributed by atoms with E-state index in [1.165, 1.54) is 22.3 Å². The Kier molecular flexibility index (Phi) is 5.27. The van der Waals surface area contributed by atoms with E-state index in [9.17, 15) is 0 Å². The molecule has 0 radical (unpaired) electrons. The van der Waals surface area contributed by atoms with Crippen LogP contribution in [0.15, 0.2) is 29.8 Å². The van der Waals surface area contributed by atoms with Crippen LogP contribution in [0.1, 0.15) is 30.0 Å². The van der Waals surface area contributed by atoms with Gasteiger partial charge < -0.3 is 5.32 Å². The molecule has 0 atom stereocenters. The largest absolute Gasteiger partial charge is 0.319 e. The number of hydrogen-bond donors (Lipinski definition) is 1. The van der Waals surface area contributed by atoms with Crippen LogP contribution in [0.3, 0.4) is 0 Å². The first-order valence-electron chi connectivity index (χ1n) is 6.00. The van der Waals surface area contributed by atoms with Crippen LogP contribution in [0, 0.1) is 13.8 Å². The van der Waals surface area contributed by atoms with Crippen LogP contribution in [0.25, 0.3) is 0 Å². The van der Waals surface area contributed by atoms with Gasteiger partial charge in [-0.15, -0.1) is 0 Å². The number of benzene rings is 1. The third kappa shape index (κ3) is 4.19. The van der Waals surface area contributed by atoms with Gasteiger partial charge in [-0.2, -0.15) is 0 Å². The number of allylic oxidation sites excluding steroid dienone is 1. The first-order chi connectivity index (χ1) is 7.63. The van der Waals surface area contributed by atoms with E-state index in [-0.39, 0.29) is 0 Å². The van der Waals surface area contributed by atoms with Gasteiger partial charge in [-0.25, -0.2) is 0 Å². The summed E-state index contributed by atoms with van der Waals surface area (Å²) in [5.41, 5.74) is 5.66. The number of rotatable bonds is 5. The molecule has 0 aliphatic heterocycles. The fourth-order valence-electron chi connectivity index (χ4n) is 1.83. The van der Waals surface area contributed by atoms with Gasteiger partial charge in [0.2, 0.25) is 0 Å². The van der Waals surface area contributed by atoms with E-state index >= 15 is 0 Å². The van der Waals surface area contributed by atoms with Crippen LogP contribution in [0.5, 0.6) is 0 Å². The summed E-state index contributed by atoms with van der Waals surface area (Å²) in [5, 5.41) is 3.16. The van der Waals surface area contributed by atoms with E-state index in [0.29, 0.717) is 0 Å². The molecule has 1 aromatic carbocycles. The molecular formula is C15H23N. The van der Waals surface area contributed by atoms with Crippen molar-refractivity contribution in [2.75, 3.05) is 13.6 Å². The minimum absolute atomic E-state index is 1.06. The van der Waals surface area contributed by atoms with Crippen molar-refractivity contribution in [1.82, 2.24) is 5.32 Å². The number of hydrogen-bond acceptors (Lipinski definition) is 1. The highest BCUT2D eigenvalue weighted by molar-refractivity contribution is 5.33. The molecule has 1 nitrogen and oxygen atoms in total. The Labute approximate surface area is 99.6 Å². The van der Waals surface area contributed by atoms with Crippen molar-refractivity contribution in [3.63, 3.8) is 0 Å². The molecule has 0 heterocycles. The van der Waals surface area contributed by atoms with Crippen molar-refractivity contribution in [3.05, 3.63) is 46.5 Å². The number of aryl methyl sites for hydroxylation is 2. The Morgan fingerprint density at radius 2 is 2.06 bits per heavy atom. The van der Waals surface area contributed by atoms with Gasteiger partial charge in [0, 0.05) is 0 Å². The summed E-state index contributed by atoms with van der Waals surface area (Å²) >= 11 is 0. The Morgan fingerprint density at radius 1 is 1.31 bits per heavy atom. The third-order valence-corrected chi connectivity index (χ3v) is 2.86. The minimum Gasteiger partial charge on any atom is -0.319 e. The zero-order chi connectivity index (χ0) is 12.0. The lowest BCUT2D eigenvalue weighted by molar-refractivity contribution is 0.802. The van der Waals surface area contributed by atoms with Crippen LogP contribution < -0.4 is 5.32 Å². The summed E-state index contributed by atoms with van der Waals surface area (Å²) < 4.78 is 0. The zero-order valence-corrected chi connectivity index (χ0v) is 10.9. The van der Waals surface area contributed by atoms with Crippen molar-refractivity contribution in [2.45, 2.75) is 33.6 Å². The van der Waals surface area contributed by atoms with Crippen molar-refractivity contribution < 1.29 is 0 Å². The molecule has 1 aromatic rings. The fraction of sp³-hybridized carbons (Fsp3) is 0.467. The Bertz CT molecular complexity index is 364. The quantitative estimate of drug-likeness (QED) is 0.589. The maximum absolute atomic E-state index is 3.16. The van der Waals surface area contributed by atoms with Gasteiger partial charge in [-0.05, 0) is 58.3 Å². The van der Waals surface area contributed by atoms with Gasteiger partial charge in [-0.3, -0.25) is 0 Å². The maximum atomic E-state index is 3.16. The molecule has 1 heteroatoms. The van der Waals surface area contributed by atoms with Gasteiger partial charge in [0.25, 0.3) is 0 Å². The van der Waals surface area contributed by atoms with Crippen molar-refractivity contribution >= 4 is 0 Å². The van der Waals surface area contributed by atoms with Crippen molar-refractivity contribution in [3.8, 4) is 0 Å². The third-order valence-electron chi connectivity index (χ3n) is 2.86. The lowest BCUT2D eigenvalue weighted by Crippen LogP contribution is -2.06. The van der Waals surface area contributed by atoms with Crippen LogP contribution >= 0.6 is 0 Å². The summed E-state index contributed by atoms with van der Waals surface area (Å²) in [6.45, 7) is 7.63. The van der Waals surface area contributed by atoms with Gasteiger partial charge in [0.15, 0.2) is 0 Å². The molecule has 0 amide bonds. The lowest BCUT2D eigenvalue weighted by atomic mass is 9.99. The molecule has 1 N–H and O–H groups in total. The molecule has 0 unspecified atom stereocenters. The van der Waals surface area contributed by atoms with Gasteiger partial charge in [0.05, 0.1) is 0 Å². The molecule has 0 saturated carbocycles. The average Bonchev–Trinajstić information content (AvgIpc) is 2.24. The topological polar surface area (TPSA) is 12.0 Å². The highest BCUT2D eigenvalue weighted by atomic mass is 14.8. The van der Waals surface area contributed by atoms with E-state index in [4.69, 9.17) is 0 Å². The molecule has 1 rings (SSSR count). The Balaban J connectivity index is 2.65. The maximum Gasteiger partial charge on any atom is -0.00172 e. The Morgan fingerprint density at radius 3 is 2.75 bits per heavy atom. The predicted molar refractivity (Wildman–Crippen MR) is 71.9 cm³/mol. The van der Waals surface area contributed by atoms with E-state index in [0.717, 1.165) is 19.4 Å². The van der Waals surface area contributed by atoms with Gasteiger partial charge in [-0.1, -0.05) is 35.4 Å². The van der Waals surface area contributed by atoms with E-state index in [1.54, 1.807) is 0 Å². The van der Waals surface area contributed by atoms with Crippen LogP contribution in [0.4, 0.5) is 0 Å².